The molecule has 1 saturated heterocycles. The van der Waals surface area contributed by atoms with E-state index in [1.807, 2.05) is 12.1 Å². The first-order valence-corrected chi connectivity index (χ1v) is 7.62. The van der Waals surface area contributed by atoms with Gasteiger partial charge >= 0.3 is 0 Å². The number of rotatable bonds is 7. The number of aldehydes is 1. The molecule has 0 aliphatic carbocycles. The van der Waals surface area contributed by atoms with Gasteiger partial charge in [-0.05, 0) is 37.0 Å². The Balaban J connectivity index is 1.97. The Hall–Kier alpha value is -1.64. The lowest BCUT2D eigenvalue weighted by atomic mass is 10.1. The van der Waals surface area contributed by atoms with Gasteiger partial charge in [0.15, 0.2) is 0 Å². The lowest BCUT2D eigenvalue weighted by molar-refractivity contribution is -0.118. The van der Waals surface area contributed by atoms with Crippen molar-refractivity contribution >= 4 is 17.9 Å². The van der Waals surface area contributed by atoms with Crippen LogP contribution in [0.25, 0.3) is 0 Å². The van der Waals surface area contributed by atoms with Crippen molar-refractivity contribution in [1.82, 2.24) is 0 Å². The van der Waals surface area contributed by atoms with Crippen molar-refractivity contribution in [2.45, 2.75) is 57.9 Å². The molecule has 1 aliphatic rings. The van der Waals surface area contributed by atoms with Crippen molar-refractivity contribution in [3.05, 3.63) is 29.8 Å². The van der Waals surface area contributed by atoms with E-state index in [1.165, 1.54) is 31.2 Å². The van der Waals surface area contributed by atoms with Crippen molar-refractivity contribution in [2.24, 2.45) is 0 Å². The van der Waals surface area contributed by atoms with Gasteiger partial charge in [0.2, 0.25) is 5.91 Å². The molecule has 1 fully saturated rings. The Bertz CT molecular complexity index is 453. The smallest absolute Gasteiger partial charge is 0.227 e. The molecule has 108 valence electrons. The quantitative estimate of drug-likeness (QED) is 0.563. The Morgan fingerprint density at radius 3 is 2.60 bits per heavy atom. The summed E-state index contributed by atoms with van der Waals surface area (Å²) in [7, 11) is 0. The van der Waals surface area contributed by atoms with Crippen molar-refractivity contribution in [3.8, 4) is 0 Å². The van der Waals surface area contributed by atoms with E-state index in [9.17, 15) is 9.59 Å². The van der Waals surface area contributed by atoms with Crippen molar-refractivity contribution < 1.29 is 9.59 Å². The zero-order chi connectivity index (χ0) is 14.4. The first-order chi connectivity index (χ1) is 9.76. The molecule has 3 heteroatoms. The van der Waals surface area contributed by atoms with Crippen LogP contribution >= 0.6 is 0 Å². The van der Waals surface area contributed by atoms with Crippen LogP contribution in [0.4, 0.5) is 5.69 Å². The van der Waals surface area contributed by atoms with Gasteiger partial charge in [0.05, 0.1) is 6.04 Å². The third-order valence-electron chi connectivity index (χ3n) is 3.94. The van der Waals surface area contributed by atoms with Crippen LogP contribution in [0.3, 0.4) is 0 Å². The highest BCUT2D eigenvalue weighted by atomic mass is 16.2. The summed E-state index contributed by atoms with van der Waals surface area (Å²) in [6.45, 7) is 2.21. The summed E-state index contributed by atoms with van der Waals surface area (Å²) in [5.41, 5.74) is 2.15. The minimum atomic E-state index is -0.280. The summed E-state index contributed by atoms with van der Waals surface area (Å²) in [5.74, 6) is 0.0535. The molecule has 1 amide bonds. The molecular formula is C17H23NO2. The second-order valence-electron chi connectivity index (χ2n) is 5.48. The first kappa shape index (κ1) is 14.8. The zero-order valence-electron chi connectivity index (χ0n) is 12.2. The third kappa shape index (κ3) is 3.47. The van der Waals surface area contributed by atoms with E-state index >= 15 is 0 Å². The van der Waals surface area contributed by atoms with E-state index in [-0.39, 0.29) is 11.9 Å². The minimum absolute atomic E-state index is 0.0535. The molecule has 1 aliphatic heterocycles. The summed E-state index contributed by atoms with van der Waals surface area (Å²) in [5, 5.41) is 0. The van der Waals surface area contributed by atoms with Crippen LogP contribution in [-0.4, -0.2) is 18.2 Å². The topological polar surface area (TPSA) is 37.4 Å². The van der Waals surface area contributed by atoms with Gasteiger partial charge in [-0.15, -0.1) is 0 Å². The lowest BCUT2D eigenvalue weighted by Gasteiger charge is -2.20. The van der Waals surface area contributed by atoms with Gasteiger partial charge in [-0.2, -0.15) is 0 Å². The number of carbonyl (C=O) groups is 2. The zero-order valence-corrected chi connectivity index (χ0v) is 12.2. The Morgan fingerprint density at radius 1 is 1.20 bits per heavy atom. The Kier molecular flexibility index (Phi) is 5.33. The van der Waals surface area contributed by atoms with Crippen LogP contribution in [0.1, 0.15) is 51.0 Å². The fraction of sp³-hybridized carbons (Fsp3) is 0.529. The summed E-state index contributed by atoms with van der Waals surface area (Å²) in [6, 6.07) is 7.81. The fourth-order valence-corrected chi connectivity index (χ4v) is 2.75. The average Bonchev–Trinajstić information content (AvgIpc) is 2.85. The normalized spacial score (nSPS) is 18.6. The fourth-order valence-electron chi connectivity index (χ4n) is 2.75. The van der Waals surface area contributed by atoms with Crippen LogP contribution in [-0.2, 0) is 16.0 Å². The Labute approximate surface area is 121 Å². The van der Waals surface area contributed by atoms with Crippen molar-refractivity contribution in [3.63, 3.8) is 0 Å². The molecule has 0 unspecified atom stereocenters. The number of aryl methyl sites for hydroxylation is 1. The third-order valence-corrected chi connectivity index (χ3v) is 3.94. The van der Waals surface area contributed by atoms with Crippen LogP contribution in [0.5, 0.6) is 0 Å². The lowest BCUT2D eigenvalue weighted by Crippen LogP contribution is -2.33. The largest absolute Gasteiger partial charge is 0.302 e. The molecule has 0 spiro atoms. The number of anilines is 1. The number of nitrogens with zero attached hydrogens (tertiary/aromatic N) is 1. The molecule has 2 rings (SSSR count). The summed E-state index contributed by atoms with van der Waals surface area (Å²) >= 11 is 0. The predicted molar refractivity (Wildman–Crippen MR) is 80.9 cm³/mol. The van der Waals surface area contributed by atoms with Crippen molar-refractivity contribution in [2.75, 3.05) is 4.90 Å². The molecule has 0 aromatic heterocycles. The Morgan fingerprint density at radius 2 is 1.95 bits per heavy atom. The maximum Gasteiger partial charge on any atom is 0.227 e. The molecule has 1 heterocycles. The van der Waals surface area contributed by atoms with Gasteiger partial charge < -0.3 is 9.69 Å². The van der Waals surface area contributed by atoms with Crippen LogP contribution in [0.2, 0.25) is 0 Å². The van der Waals surface area contributed by atoms with E-state index in [1.54, 1.807) is 4.90 Å². The van der Waals surface area contributed by atoms with Crippen LogP contribution in [0, 0.1) is 0 Å². The summed E-state index contributed by atoms with van der Waals surface area (Å²) in [4.78, 5) is 24.5. The molecule has 1 aromatic rings. The van der Waals surface area contributed by atoms with E-state index in [4.69, 9.17) is 0 Å². The molecule has 3 nitrogen and oxygen atoms in total. The monoisotopic (exact) mass is 273 g/mol. The van der Waals surface area contributed by atoms with Gasteiger partial charge in [-0.25, -0.2) is 0 Å². The summed E-state index contributed by atoms with van der Waals surface area (Å²) < 4.78 is 0. The van der Waals surface area contributed by atoms with Crippen LogP contribution in [0.15, 0.2) is 24.3 Å². The van der Waals surface area contributed by atoms with E-state index in [2.05, 4.69) is 19.1 Å². The molecule has 1 atom stereocenters. The van der Waals surface area contributed by atoms with Gasteiger partial charge in [0, 0.05) is 12.1 Å². The van der Waals surface area contributed by atoms with Gasteiger partial charge in [-0.1, -0.05) is 38.3 Å². The minimum Gasteiger partial charge on any atom is -0.302 e. The molecule has 0 radical (unpaired) electrons. The van der Waals surface area contributed by atoms with Gasteiger partial charge in [-0.3, -0.25) is 4.79 Å². The highest BCUT2D eigenvalue weighted by Crippen LogP contribution is 2.26. The number of amides is 1. The number of benzene rings is 1. The second kappa shape index (κ2) is 7.22. The number of hydrogen-bond acceptors (Lipinski definition) is 2. The van der Waals surface area contributed by atoms with Gasteiger partial charge in [0.25, 0.3) is 0 Å². The van der Waals surface area contributed by atoms with Crippen molar-refractivity contribution in [1.29, 1.82) is 0 Å². The maximum atomic E-state index is 11.8. The molecule has 0 bridgehead atoms. The molecule has 0 N–H and O–H groups in total. The average molecular weight is 273 g/mol. The first-order valence-electron chi connectivity index (χ1n) is 7.62. The molecule has 1 aromatic carbocycles. The number of carbonyl (C=O) groups excluding carboxylic acids is 2. The second-order valence-corrected chi connectivity index (χ2v) is 5.48. The molecular weight excluding hydrogens is 250 g/mol. The number of unbranched alkanes of at least 4 members (excludes halogenated alkanes) is 3. The van der Waals surface area contributed by atoms with E-state index < -0.39 is 0 Å². The predicted octanol–water partition coefficient (Wildman–Crippen LogP) is 3.50. The highest BCUT2D eigenvalue weighted by Gasteiger charge is 2.31. The highest BCUT2D eigenvalue weighted by molar-refractivity contribution is 6.00. The van der Waals surface area contributed by atoms with Gasteiger partial charge in [0.1, 0.15) is 6.29 Å². The SMILES string of the molecule is CCCCCCc1ccc(N2C(=O)CC[C@@H]2C=O)cc1. The summed E-state index contributed by atoms with van der Waals surface area (Å²) in [6.07, 6.45) is 8.12. The molecule has 0 saturated carbocycles. The maximum absolute atomic E-state index is 11.8. The van der Waals surface area contributed by atoms with Crippen LogP contribution < -0.4 is 4.90 Å². The standard InChI is InChI=1S/C17H23NO2/c1-2-3-4-5-6-14-7-9-15(10-8-14)18-16(13-19)11-12-17(18)20/h7-10,13,16H,2-6,11-12H2,1H3/t16-/m1/s1. The molecule has 20 heavy (non-hydrogen) atoms. The van der Waals surface area contributed by atoms with E-state index in [0.717, 1.165) is 18.4 Å². The van der Waals surface area contributed by atoms with E-state index in [0.29, 0.717) is 12.8 Å². The number of hydrogen-bond donors (Lipinski definition) is 0.